The van der Waals surface area contributed by atoms with Crippen LogP contribution in [0.25, 0.3) is 109 Å². The molecule has 0 aliphatic carbocycles. The summed E-state index contributed by atoms with van der Waals surface area (Å²) in [5.41, 5.74) is 9.86. The van der Waals surface area contributed by atoms with Crippen molar-refractivity contribution in [2.75, 3.05) is 0 Å². The lowest BCUT2D eigenvalue weighted by Crippen LogP contribution is -1.92. The van der Waals surface area contributed by atoms with Gasteiger partial charge in [-0.1, -0.05) is 158 Å². The molecule has 1 heteroatoms. The summed E-state index contributed by atoms with van der Waals surface area (Å²) in [6, 6.07) is 69.0. The summed E-state index contributed by atoms with van der Waals surface area (Å²) in [4.78, 5) is 4.68. The molecule has 250 valence electrons. The summed E-state index contributed by atoms with van der Waals surface area (Å²) in [5, 5.41) is 14.8. The highest BCUT2D eigenvalue weighted by atomic mass is 14.6. The average molecular weight is 684 g/mol. The molecular weight excluding hydrogens is 651 g/mol. The maximum Gasteiger partial charge on any atom is 0.0353 e. The lowest BCUT2D eigenvalue weighted by atomic mass is 9.85. The monoisotopic (exact) mass is 683 g/mol. The zero-order chi connectivity index (χ0) is 35.6. The zero-order valence-corrected chi connectivity index (χ0v) is 29.5. The molecule has 0 fully saturated rings. The summed E-state index contributed by atoms with van der Waals surface area (Å²) < 4.78 is 0. The van der Waals surface area contributed by atoms with E-state index < -0.39 is 0 Å². The van der Waals surface area contributed by atoms with Gasteiger partial charge in [-0.25, -0.2) is 0 Å². The Bertz CT molecular complexity index is 2990. The average Bonchev–Trinajstić information content (AvgIpc) is 3.24. The van der Waals surface area contributed by atoms with Crippen molar-refractivity contribution in [3.8, 4) is 44.5 Å². The van der Waals surface area contributed by atoms with Crippen molar-refractivity contribution in [1.29, 1.82) is 0 Å². The second kappa shape index (κ2) is 12.3. The van der Waals surface area contributed by atoms with Gasteiger partial charge in [0.2, 0.25) is 0 Å². The van der Waals surface area contributed by atoms with Crippen LogP contribution in [0.5, 0.6) is 0 Å². The van der Waals surface area contributed by atoms with Crippen molar-refractivity contribution in [2.24, 2.45) is 0 Å². The Morgan fingerprint density at radius 1 is 0.259 bits per heavy atom. The van der Waals surface area contributed by atoms with E-state index in [1.54, 1.807) is 0 Å². The van der Waals surface area contributed by atoms with Gasteiger partial charge < -0.3 is 0 Å². The Kier molecular flexibility index (Phi) is 6.93. The van der Waals surface area contributed by atoms with Gasteiger partial charge in [-0.15, -0.1) is 0 Å². The lowest BCUT2D eigenvalue weighted by molar-refractivity contribution is 1.37. The number of pyridine rings is 1. The molecule has 0 unspecified atom stereocenters. The number of nitrogens with zero attached hydrogens (tertiary/aromatic N) is 1. The molecule has 10 aromatic carbocycles. The summed E-state index contributed by atoms with van der Waals surface area (Å²) >= 11 is 0. The Morgan fingerprint density at radius 3 is 1.17 bits per heavy atom. The maximum atomic E-state index is 4.68. The molecule has 0 aliphatic heterocycles. The molecule has 0 amide bonds. The summed E-state index contributed by atoms with van der Waals surface area (Å²) in [5.74, 6) is 0. The predicted molar refractivity (Wildman–Crippen MR) is 231 cm³/mol. The minimum atomic E-state index is 1.16. The minimum absolute atomic E-state index is 1.16. The largest absolute Gasteiger partial charge is 0.264 e. The third-order valence-electron chi connectivity index (χ3n) is 11.3. The van der Waals surface area contributed by atoms with Crippen LogP contribution in [-0.4, -0.2) is 4.98 Å². The number of fused-ring (bicyclic) bond motifs is 6. The van der Waals surface area contributed by atoms with Gasteiger partial charge in [0.15, 0.2) is 0 Å². The molecular formula is C53H33N. The van der Waals surface area contributed by atoms with Gasteiger partial charge >= 0.3 is 0 Å². The van der Waals surface area contributed by atoms with Crippen LogP contribution in [-0.2, 0) is 0 Å². The van der Waals surface area contributed by atoms with Gasteiger partial charge in [0, 0.05) is 17.8 Å². The maximum absolute atomic E-state index is 4.68. The van der Waals surface area contributed by atoms with Crippen LogP contribution in [0.3, 0.4) is 0 Å². The van der Waals surface area contributed by atoms with Crippen LogP contribution in [0.1, 0.15) is 0 Å². The van der Waals surface area contributed by atoms with E-state index in [9.17, 15) is 0 Å². The summed E-state index contributed by atoms with van der Waals surface area (Å²) in [7, 11) is 0. The first-order chi connectivity index (χ1) is 26.8. The second-order valence-corrected chi connectivity index (χ2v) is 14.3. The molecule has 1 aromatic heterocycles. The molecule has 11 aromatic rings. The SMILES string of the molecule is c1ccc2c(-c3ccc4cc(-c5c6ccccc6c(-c6ccc7cc(-c8cccc9ccccc89)ccc7c6)c6cnccc56)ccc4c3)cccc2c1. The van der Waals surface area contributed by atoms with Crippen molar-refractivity contribution in [3.63, 3.8) is 0 Å². The van der Waals surface area contributed by atoms with Gasteiger partial charge in [0.1, 0.15) is 0 Å². The fraction of sp³-hybridized carbons (Fsp3) is 0. The summed E-state index contributed by atoms with van der Waals surface area (Å²) in [6.45, 7) is 0. The Hall–Kier alpha value is -7.09. The predicted octanol–water partition coefficient (Wildman–Crippen LogP) is 14.7. The number of rotatable bonds is 4. The van der Waals surface area contributed by atoms with Crippen molar-refractivity contribution in [3.05, 3.63) is 200 Å². The fourth-order valence-corrected chi connectivity index (χ4v) is 8.73. The van der Waals surface area contributed by atoms with Crippen molar-refractivity contribution >= 4 is 64.6 Å². The Labute approximate surface area is 313 Å². The second-order valence-electron chi connectivity index (χ2n) is 14.3. The molecule has 0 saturated carbocycles. The van der Waals surface area contributed by atoms with Gasteiger partial charge in [0.05, 0.1) is 0 Å². The van der Waals surface area contributed by atoms with Crippen molar-refractivity contribution in [2.45, 2.75) is 0 Å². The highest BCUT2D eigenvalue weighted by Crippen LogP contribution is 2.45. The van der Waals surface area contributed by atoms with E-state index in [0.29, 0.717) is 0 Å². The Balaban J connectivity index is 1.05. The molecule has 0 aliphatic rings. The molecule has 1 heterocycles. The number of benzene rings is 10. The molecule has 0 spiro atoms. The van der Waals surface area contributed by atoms with Crippen molar-refractivity contribution in [1.82, 2.24) is 4.98 Å². The van der Waals surface area contributed by atoms with Crippen LogP contribution in [0.15, 0.2) is 200 Å². The first kappa shape index (κ1) is 30.5. The van der Waals surface area contributed by atoms with Crippen LogP contribution in [0, 0.1) is 0 Å². The van der Waals surface area contributed by atoms with E-state index in [1.807, 2.05) is 12.4 Å². The van der Waals surface area contributed by atoms with Crippen LogP contribution < -0.4 is 0 Å². The topological polar surface area (TPSA) is 12.9 Å². The molecule has 54 heavy (non-hydrogen) atoms. The van der Waals surface area contributed by atoms with Crippen molar-refractivity contribution < 1.29 is 0 Å². The number of aromatic nitrogens is 1. The quantitative estimate of drug-likeness (QED) is 0.168. The zero-order valence-electron chi connectivity index (χ0n) is 29.5. The molecule has 0 saturated heterocycles. The van der Waals surface area contributed by atoms with E-state index in [-0.39, 0.29) is 0 Å². The van der Waals surface area contributed by atoms with Gasteiger partial charge in [-0.05, 0) is 134 Å². The Morgan fingerprint density at radius 2 is 0.648 bits per heavy atom. The summed E-state index contributed by atoms with van der Waals surface area (Å²) in [6.07, 6.45) is 3.98. The van der Waals surface area contributed by atoms with E-state index in [0.717, 1.165) is 5.39 Å². The first-order valence-corrected chi connectivity index (χ1v) is 18.6. The van der Waals surface area contributed by atoms with Crippen LogP contribution in [0.4, 0.5) is 0 Å². The normalized spacial score (nSPS) is 11.7. The van der Waals surface area contributed by atoms with E-state index >= 15 is 0 Å². The number of hydrogen-bond acceptors (Lipinski definition) is 1. The highest BCUT2D eigenvalue weighted by molar-refractivity contribution is 6.22. The third-order valence-corrected chi connectivity index (χ3v) is 11.3. The minimum Gasteiger partial charge on any atom is -0.264 e. The van der Waals surface area contributed by atoms with E-state index in [1.165, 1.54) is 104 Å². The van der Waals surface area contributed by atoms with Gasteiger partial charge in [-0.3, -0.25) is 4.98 Å². The van der Waals surface area contributed by atoms with Crippen LogP contribution in [0.2, 0.25) is 0 Å². The third kappa shape index (κ3) is 4.90. The molecule has 1 nitrogen and oxygen atoms in total. The van der Waals surface area contributed by atoms with E-state index in [4.69, 9.17) is 0 Å². The molecule has 0 bridgehead atoms. The fourth-order valence-electron chi connectivity index (χ4n) is 8.73. The number of hydrogen-bond donors (Lipinski definition) is 0. The molecule has 0 radical (unpaired) electrons. The first-order valence-electron chi connectivity index (χ1n) is 18.6. The van der Waals surface area contributed by atoms with E-state index in [2.05, 4.69) is 193 Å². The van der Waals surface area contributed by atoms with Crippen LogP contribution >= 0.6 is 0 Å². The standard InChI is InChI=1S/C53H33N/c1-3-13-44-34(9-1)11-7-17-46(44)40-23-19-38-31-42(25-21-36(38)29-40)52-48-15-5-6-16-49(48)53(51-33-54-28-27-50(51)52)43-26-22-37-30-41(24-20-39(37)32-43)47-18-8-12-35-10-2-4-14-45(35)47/h1-33H. The smallest absolute Gasteiger partial charge is 0.0353 e. The lowest BCUT2D eigenvalue weighted by Gasteiger charge is -2.18. The highest BCUT2D eigenvalue weighted by Gasteiger charge is 2.18. The molecule has 0 N–H and O–H groups in total. The molecule has 11 rings (SSSR count). The van der Waals surface area contributed by atoms with Gasteiger partial charge in [0.25, 0.3) is 0 Å². The van der Waals surface area contributed by atoms with Gasteiger partial charge in [-0.2, -0.15) is 0 Å². The molecule has 0 atom stereocenters.